The maximum absolute atomic E-state index is 12.2. The summed E-state index contributed by atoms with van der Waals surface area (Å²) in [4.78, 5) is 25.0. The van der Waals surface area contributed by atoms with Gasteiger partial charge in [0.05, 0.1) is 11.4 Å². The van der Waals surface area contributed by atoms with Crippen molar-refractivity contribution < 1.29 is 18.0 Å². The number of hydrogen-bond donors (Lipinski definition) is 2. The number of benzene rings is 1. The van der Waals surface area contributed by atoms with Gasteiger partial charge in [-0.1, -0.05) is 6.92 Å². The van der Waals surface area contributed by atoms with Crippen LogP contribution in [0.1, 0.15) is 17.3 Å². The molecule has 1 heterocycles. The highest BCUT2D eigenvalue weighted by molar-refractivity contribution is 7.89. The van der Waals surface area contributed by atoms with E-state index >= 15 is 0 Å². The first-order valence-electron chi connectivity index (χ1n) is 6.60. The van der Waals surface area contributed by atoms with Crippen LogP contribution in [0.4, 0.5) is 0 Å². The molecule has 2 rings (SSSR count). The highest BCUT2D eigenvalue weighted by Crippen LogP contribution is 2.12. The van der Waals surface area contributed by atoms with E-state index in [-0.39, 0.29) is 23.3 Å². The predicted octanol–water partition coefficient (Wildman–Crippen LogP) is -0.443. The highest BCUT2D eigenvalue weighted by Gasteiger charge is 2.22. The van der Waals surface area contributed by atoms with Gasteiger partial charge in [-0.2, -0.15) is 0 Å². The van der Waals surface area contributed by atoms with Crippen LogP contribution in [0.3, 0.4) is 0 Å². The summed E-state index contributed by atoms with van der Waals surface area (Å²) in [7, 11) is -3.53. The second-order valence-corrected chi connectivity index (χ2v) is 6.37. The molecule has 114 valence electrons. The molecule has 1 aromatic rings. The van der Waals surface area contributed by atoms with Crippen LogP contribution in [0.5, 0.6) is 0 Å². The quantitative estimate of drug-likeness (QED) is 0.788. The average Bonchev–Trinajstić information content (AvgIpc) is 2.46. The Labute approximate surface area is 123 Å². The maximum atomic E-state index is 12.2. The maximum Gasteiger partial charge on any atom is 0.254 e. The van der Waals surface area contributed by atoms with Crippen LogP contribution >= 0.6 is 0 Å². The normalized spacial score (nSPS) is 15.7. The van der Waals surface area contributed by atoms with Crippen molar-refractivity contribution in [2.45, 2.75) is 11.8 Å². The number of rotatable bonds is 4. The lowest BCUT2D eigenvalue weighted by molar-refractivity contribution is -0.123. The van der Waals surface area contributed by atoms with E-state index in [0.717, 1.165) is 0 Å². The van der Waals surface area contributed by atoms with Crippen LogP contribution in [0.15, 0.2) is 29.2 Å². The second-order valence-electron chi connectivity index (χ2n) is 4.60. The molecule has 1 aromatic carbocycles. The summed E-state index contributed by atoms with van der Waals surface area (Å²) in [5, 5.41) is 2.64. The lowest BCUT2D eigenvalue weighted by Gasteiger charge is -2.26. The fraction of sp³-hybridized carbons (Fsp3) is 0.385. The molecule has 0 radical (unpaired) electrons. The molecule has 1 fully saturated rings. The number of carbonyl (C=O) groups is 2. The second kappa shape index (κ2) is 6.23. The molecule has 0 aliphatic carbocycles. The van der Waals surface area contributed by atoms with Gasteiger partial charge in [0, 0.05) is 25.2 Å². The molecule has 2 N–H and O–H groups in total. The number of nitrogens with one attached hydrogen (secondary N) is 2. The number of sulfonamides is 1. The molecule has 0 unspecified atom stereocenters. The van der Waals surface area contributed by atoms with Crippen molar-refractivity contribution in [2.75, 3.05) is 26.2 Å². The molecule has 0 aromatic heterocycles. The number of hydrogen-bond acceptors (Lipinski definition) is 4. The fourth-order valence-corrected chi connectivity index (χ4v) is 3.09. The van der Waals surface area contributed by atoms with Crippen molar-refractivity contribution in [1.82, 2.24) is 14.9 Å². The van der Waals surface area contributed by atoms with Crippen LogP contribution in [0.25, 0.3) is 0 Å². The smallest absolute Gasteiger partial charge is 0.254 e. The average molecular weight is 311 g/mol. The Morgan fingerprint density at radius 2 is 2.00 bits per heavy atom. The first-order chi connectivity index (χ1) is 9.94. The summed E-state index contributed by atoms with van der Waals surface area (Å²) >= 11 is 0. The molecular formula is C13H17N3O4S. The van der Waals surface area contributed by atoms with Gasteiger partial charge in [0.2, 0.25) is 15.9 Å². The lowest BCUT2D eigenvalue weighted by atomic mass is 10.2. The summed E-state index contributed by atoms with van der Waals surface area (Å²) in [6, 6.07) is 5.68. The van der Waals surface area contributed by atoms with Crippen LogP contribution < -0.4 is 10.0 Å². The Balaban J connectivity index is 2.15. The Morgan fingerprint density at radius 3 is 2.57 bits per heavy atom. The monoisotopic (exact) mass is 311 g/mol. The minimum atomic E-state index is -3.53. The number of piperazine rings is 1. The molecule has 2 amide bonds. The van der Waals surface area contributed by atoms with Gasteiger partial charge in [-0.15, -0.1) is 0 Å². The zero-order valence-electron chi connectivity index (χ0n) is 11.6. The molecule has 1 aliphatic rings. The SMILES string of the molecule is CCNS(=O)(=O)c1ccc(C(=O)N2CCNC(=O)C2)cc1. The van der Waals surface area contributed by atoms with E-state index in [1.165, 1.54) is 29.2 Å². The summed E-state index contributed by atoms with van der Waals surface area (Å²) in [5.74, 6) is -0.474. The topological polar surface area (TPSA) is 95.6 Å². The standard InChI is InChI=1S/C13H17N3O4S/c1-2-15-21(19,20)11-5-3-10(4-6-11)13(18)16-8-7-14-12(17)9-16/h3-6,15H,2,7-9H2,1H3,(H,14,17). The predicted molar refractivity (Wildman–Crippen MR) is 76.2 cm³/mol. The van der Waals surface area contributed by atoms with Crippen molar-refractivity contribution in [3.8, 4) is 0 Å². The zero-order valence-corrected chi connectivity index (χ0v) is 12.4. The molecule has 0 saturated carbocycles. The van der Waals surface area contributed by atoms with Gasteiger partial charge < -0.3 is 10.2 Å². The van der Waals surface area contributed by atoms with Gasteiger partial charge in [-0.25, -0.2) is 13.1 Å². The van der Waals surface area contributed by atoms with E-state index < -0.39 is 10.0 Å². The van der Waals surface area contributed by atoms with Gasteiger partial charge in [-0.05, 0) is 24.3 Å². The lowest BCUT2D eigenvalue weighted by Crippen LogP contribution is -2.49. The Hall–Kier alpha value is -1.93. The Bertz CT molecular complexity index is 640. The largest absolute Gasteiger partial charge is 0.353 e. The Kier molecular flexibility index (Phi) is 4.59. The van der Waals surface area contributed by atoms with E-state index in [9.17, 15) is 18.0 Å². The number of carbonyl (C=O) groups excluding carboxylic acids is 2. The molecular weight excluding hydrogens is 294 g/mol. The van der Waals surface area contributed by atoms with Crippen LogP contribution in [0.2, 0.25) is 0 Å². The third-order valence-corrected chi connectivity index (χ3v) is 4.63. The van der Waals surface area contributed by atoms with Crippen molar-refractivity contribution in [1.29, 1.82) is 0 Å². The van der Waals surface area contributed by atoms with Gasteiger partial charge in [-0.3, -0.25) is 9.59 Å². The Morgan fingerprint density at radius 1 is 1.33 bits per heavy atom. The molecule has 0 atom stereocenters. The van der Waals surface area contributed by atoms with Crippen LogP contribution in [0, 0.1) is 0 Å². The van der Waals surface area contributed by atoms with Crippen molar-refractivity contribution in [2.24, 2.45) is 0 Å². The van der Waals surface area contributed by atoms with Crippen molar-refractivity contribution >= 4 is 21.8 Å². The van der Waals surface area contributed by atoms with Gasteiger partial charge in [0.1, 0.15) is 0 Å². The first-order valence-corrected chi connectivity index (χ1v) is 8.08. The van der Waals surface area contributed by atoms with Gasteiger partial charge in [0.15, 0.2) is 0 Å². The summed E-state index contributed by atoms with van der Waals surface area (Å²) in [6.45, 7) is 2.89. The van der Waals surface area contributed by atoms with Crippen LogP contribution in [-0.2, 0) is 14.8 Å². The summed E-state index contributed by atoms with van der Waals surface area (Å²) < 4.78 is 26.0. The van der Waals surface area contributed by atoms with Crippen molar-refractivity contribution in [3.63, 3.8) is 0 Å². The van der Waals surface area contributed by atoms with E-state index in [1.807, 2.05) is 0 Å². The van der Waals surface area contributed by atoms with Gasteiger partial charge >= 0.3 is 0 Å². The summed E-state index contributed by atoms with van der Waals surface area (Å²) in [6.07, 6.45) is 0. The van der Waals surface area contributed by atoms with Gasteiger partial charge in [0.25, 0.3) is 5.91 Å². The molecule has 0 bridgehead atoms. The molecule has 8 heteroatoms. The minimum absolute atomic E-state index is 0.0241. The summed E-state index contributed by atoms with van der Waals surface area (Å²) in [5.41, 5.74) is 0.361. The molecule has 7 nitrogen and oxygen atoms in total. The number of nitrogens with zero attached hydrogens (tertiary/aromatic N) is 1. The fourth-order valence-electron chi connectivity index (χ4n) is 2.04. The van der Waals surface area contributed by atoms with E-state index in [4.69, 9.17) is 0 Å². The molecule has 0 spiro atoms. The molecule has 1 saturated heterocycles. The van der Waals surface area contributed by atoms with Crippen LogP contribution in [-0.4, -0.2) is 51.3 Å². The highest BCUT2D eigenvalue weighted by atomic mass is 32.2. The third kappa shape index (κ3) is 3.59. The first kappa shape index (κ1) is 15.5. The zero-order chi connectivity index (χ0) is 15.5. The van der Waals surface area contributed by atoms with E-state index in [2.05, 4.69) is 10.0 Å². The van der Waals surface area contributed by atoms with Crippen molar-refractivity contribution in [3.05, 3.63) is 29.8 Å². The molecule has 1 aliphatic heterocycles. The molecule has 21 heavy (non-hydrogen) atoms. The minimum Gasteiger partial charge on any atom is -0.353 e. The van der Waals surface area contributed by atoms with E-state index in [0.29, 0.717) is 25.2 Å². The van der Waals surface area contributed by atoms with E-state index in [1.54, 1.807) is 6.92 Å². The number of amides is 2. The third-order valence-electron chi connectivity index (χ3n) is 3.07.